The maximum atomic E-state index is 12.0. The highest BCUT2D eigenvalue weighted by atomic mass is 35.5. The largest absolute Gasteiger partial charge is 0.493 e. The van der Waals surface area contributed by atoms with Crippen LogP contribution in [0.2, 0.25) is 5.02 Å². The molecule has 0 saturated carbocycles. The summed E-state index contributed by atoms with van der Waals surface area (Å²) in [4.78, 5) is 4.99. The Hall–Kier alpha value is -7.21. The number of nitriles is 1. The monoisotopic (exact) mass is 1340 g/mol. The molecule has 0 bridgehead atoms. The number of aryl methyl sites for hydroxylation is 4. The predicted octanol–water partition coefficient (Wildman–Crippen LogP) is 12.6. The van der Waals surface area contributed by atoms with Gasteiger partial charge in [0, 0.05) is 26.4 Å². The van der Waals surface area contributed by atoms with E-state index in [0.29, 0.717) is 59.9 Å². The summed E-state index contributed by atoms with van der Waals surface area (Å²) in [6, 6.07) is 20.8. The van der Waals surface area contributed by atoms with Crippen LogP contribution in [0, 0.1) is 45.9 Å². The van der Waals surface area contributed by atoms with E-state index in [4.69, 9.17) is 29.0 Å². The van der Waals surface area contributed by atoms with Gasteiger partial charge in [-0.15, -0.1) is 56.6 Å². The summed E-state index contributed by atoms with van der Waals surface area (Å²) < 4.78 is 164. The molecule has 5 aromatic carbocycles. The molecule has 456 valence electrons. The van der Waals surface area contributed by atoms with E-state index in [0.717, 1.165) is 6.07 Å². The highest BCUT2D eigenvalue weighted by molar-refractivity contribution is 7.99. The zero-order valence-electron chi connectivity index (χ0n) is 45.6. The summed E-state index contributed by atoms with van der Waals surface area (Å²) in [5.41, 5.74) is 4.48. The molecule has 0 atom stereocenters. The van der Waals surface area contributed by atoms with Crippen LogP contribution in [0.5, 0.6) is 11.6 Å². The smallest absolute Gasteiger partial charge is 0.425 e. The van der Waals surface area contributed by atoms with Crippen LogP contribution in [0.1, 0.15) is 52.6 Å². The van der Waals surface area contributed by atoms with Gasteiger partial charge in [0.05, 0.1) is 73.9 Å². The number of rotatable bonds is 24. The minimum absolute atomic E-state index is 0.00496. The minimum atomic E-state index is -4.65. The van der Waals surface area contributed by atoms with Gasteiger partial charge in [-0.05, 0) is 154 Å². The van der Waals surface area contributed by atoms with E-state index >= 15 is 0 Å². The number of aromatic nitrogens is 2. The molecular formula is C50H50ClN11O17S7. The molecule has 0 saturated heterocycles. The third kappa shape index (κ3) is 19.4. The van der Waals surface area contributed by atoms with Crippen LogP contribution >= 0.6 is 35.1 Å². The number of aromatic hydroxyl groups is 1. The average Bonchev–Trinajstić information content (AvgIpc) is 1.62. The lowest BCUT2D eigenvalue weighted by atomic mass is 10.1. The van der Waals surface area contributed by atoms with E-state index in [-0.39, 0.29) is 93.6 Å². The first-order chi connectivity index (χ1) is 40.2. The maximum Gasteiger partial charge on any atom is 0.425 e. The number of nitrogens with zero attached hydrogens (tertiary/aromatic N) is 11. The van der Waals surface area contributed by atoms with Crippen LogP contribution < -0.4 is 4.74 Å². The Morgan fingerprint density at radius 3 is 1.55 bits per heavy atom. The minimum Gasteiger partial charge on any atom is -0.493 e. The lowest BCUT2D eigenvalue weighted by Crippen LogP contribution is -2.08. The summed E-state index contributed by atoms with van der Waals surface area (Å²) >= 11 is 8.49. The highest BCUT2D eigenvalue weighted by Crippen LogP contribution is 2.44. The average molecular weight is 1340 g/mol. The second kappa shape index (κ2) is 29.0. The fourth-order valence-electron chi connectivity index (χ4n) is 7.81. The number of azo groups is 4. The van der Waals surface area contributed by atoms with Crippen LogP contribution in [0.25, 0.3) is 16.7 Å². The Labute approximate surface area is 507 Å². The highest BCUT2D eigenvalue weighted by Gasteiger charge is 2.24. The molecule has 0 radical (unpaired) electrons. The lowest BCUT2D eigenvalue weighted by Gasteiger charge is -2.12. The molecule has 0 fully saturated rings. The van der Waals surface area contributed by atoms with Crippen molar-refractivity contribution in [3.05, 3.63) is 111 Å². The number of halogens is 1. The van der Waals surface area contributed by atoms with E-state index in [2.05, 4.69) is 45.9 Å². The number of hydrogen-bond donors (Lipinski definition) is 5. The zero-order valence-corrected chi connectivity index (χ0v) is 52.1. The van der Waals surface area contributed by atoms with Gasteiger partial charge in [-0.1, -0.05) is 11.6 Å². The van der Waals surface area contributed by atoms with Crippen molar-refractivity contribution in [2.75, 3.05) is 35.4 Å². The molecule has 0 aliphatic carbocycles. The van der Waals surface area contributed by atoms with Crippen LogP contribution in [-0.4, -0.2) is 114 Å². The maximum absolute atomic E-state index is 12.0. The molecule has 2 heterocycles. The summed E-state index contributed by atoms with van der Waals surface area (Å²) in [5, 5.41) is 58.2. The molecule has 0 amide bonds. The molecule has 7 aromatic rings. The van der Waals surface area contributed by atoms with Crippen molar-refractivity contribution >= 4 is 148 Å². The molecule has 0 unspecified atom stereocenters. The Kier molecular flexibility index (Phi) is 22.9. The molecule has 28 nitrogen and oxygen atoms in total. The quantitative estimate of drug-likeness (QED) is 0.0162. The molecule has 86 heavy (non-hydrogen) atoms. The van der Waals surface area contributed by atoms with Gasteiger partial charge in [-0.3, -0.25) is 22.6 Å². The SMILES string of the molecule is Cc1cc(N=Nc2cc(SCCCS(=O)(=O)O)c(N=Nc3cc(OCCCS(=O)(=O)O)c(N=Nc4c(C)c(C#N)c5nc6cc(S(=O)(=O)O)cc(C)c6n5c4O)cc3C)cc2C)c(SCCCS(=O)(=O)O)cc1N=Nc1ccc(Cl)cc1.O=S(=O)=O. The molecule has 2 aromatic heterocycles. The molecule has 5 N–H and O–H groups in total. The Bertz CT molecular complexity index is 4540. The van der Waals surface area contributed by atoms with Gasteiger partial charge in [-0.2, -0.15) is 59.4 Å². The summed E-state index contributed by atoms with van der Waals surface area (Å²) in [6.45, 7) is 7.96. The van der Waals surface area contributed by atoms with E-state index in [1.807, 2.05) is 6.07 Å². The number of hydrogen-bond acceptors (Lipinski definition) is 25. The summed E-state index contributed by atoms with van der Waals surface area (Å²) in [6.07, 6.45) is 0.0163. The second-order valence-electron chi connectivity index (χ2n) is 18.4. The normalized spacial score (nSPS) is 12.5. The van der Waals surface area contributed by atoms with E-state index in [9.17, 15) is 62.3 Å². The predicted molar refractivity (Wildman–Crippen MR) is 320 cm³/mol. The first-order valence-corrected chi connectivity index (χ1v) is 34.3. The van der Waals surface area contributed by atoms with E-state index < -0.39 is 79.1 Å². The molecule has 0 aliphatic heterocycles. The van der Waals surface area contributed by atoms with Crippen LogP contribution in [0.4, 0.5) is 45.5 Å². The summed E-state index contributed by atoms with van der Waals surface area (Å²) in [7, 11) is -20.6. The molecule has 0 aliphatic rings. The third-order valence-corrected chi connectivity index (χ3v) is 17.6. The Morgan fingerprint density at radius 1 is 0.605 bits per heavy atom. The lowest BCUT2D eigenvalue weighted by molar-refractivity contribution is 0.317. The van der Waals surface area contributed by atoms with Gasteiger partial charge in [0.2, 0.25) is 5.88 Å². The number of pyridine rings is 1. The fourth-order valence-corrected chi connectivity index (χ4v) is 12.3. The number of ether oxygens (including phenoxy) is 1. The van der Waals surface area contributed by atoms with E-state index in [1.165, 1.54) is 60.0 Å². The molecule has 36 heteroatoms. The molecular weight excluding hydrogens is 1290 g/mol. The van der Waals surface area contributed by atoms with Gasteiger partial charge >= 0.3 is 10.6 Å². The number of fused-ring (bicyclic) bond motifs is 3. The fraction of sp³-hybridized carbons (Fsp3) is 0.280. The zero-order chi connectivity index (χ0) is 63.5. The van der Waals surface area contributed by atoms with Gasteiger partial charge in [-0.25, -0.2) is 4.98 Å². The summed E-state index contributed by atoms with van der Waals surface area (Å²) in [5.74, 6) is -1.67. The molecule has 7 rings (SSSR count). The van der Waals surface area contributed by atoms with Crippen molar-refractivity contribution in [3.8, 4) is 17.7 Å². The second-order valence-corrected chi connectivity index (χ2v) is 27.7. The van der Waals surface area contributed by atoms with Crippen molar-refractivity contribution in [2.45, 2.75) is 68.6 Å². The number of imidazole rings is 1. The van der Waals surface area contributed by atoms with Crippen LogP contribution in [0.3, 0.4) is 0 Å². The van der Waals surface area contributed by atoms with Crippen molar-refractivity contribution < 1.29 is 74.4 Å². The first-order valence-electron chi connectivity index (χ1n) is 24.6. The van der Waals surface area contributed by atoms with Crippen molar-refractivity contribution in [3.63, 3.8) is 0 Å². The van der Waals surface area contributed by atoms with Gasteiger partial charge in [0.1, 0.15) is 23.1 Å². The van der Waals surface area contributed by atoms with Crippen molar-refractivity contribution in [2.24, 2.45) is 40.9 Å². The van der Waals surface area contributed by atoms with Gasteiger partial charge in [0.25, 0.3) is 40.5 Å². The Morgan fingerprint density at radius 2 is 1.06 bits per heavy atom. The van der Waals surface area contributed by atoms with Crippen LogP contribution in [-0.2, 0) is 51.1 Å². The first kappa shape index (κ1) is 67.9. The van der Waals surface area contributed by atoms with Crippen molar-refractivity contribution in [1.29, 1.82) is 5.26 Å². The Balaban J connectivity index is 0.00000286. The van der Waals surface area contributed by atoms with E-state index in [1.54, 1.807) is 69.3 Å². The number of benzene rings is 5. The van der Waals surface area contributed by atoms with Crippen LogP contribution in [0.15, 0.2) is 128 Å². The van der Waals surface area contributed by atoms with Crippen molar-refractivity contribution in [1.82, 2.24) is 9.38 Å². The standard InChI is InChI=1S/C50H50ClN11O14S6.O3S/c1-28-20-40(58-61-47-32(5)36(27-52)49-53-43-23-35(82(73,74)75)19-31(4)48(43)62(49)50(47)63)44(76-13-6-16-79(64,65)66)24-37(28)56-59-41-22-30(3)39(26-46(41)78-15-8-18-81(70,71)72)57-60-42-21-29(2)38(55-54-34-11-9-33(51)10-12-34)25-45(42)77-14-7-17-80(67,68)69;1-4(2)3/h9-12,19-26,63H,6-8,13-18H2,1-5H3,(H,64,65,66)(H,67,68,69)(H,70,71,72)(H,73,74,75);. The van der Waals surface area contributed by atoms with Gasteiger partial charge in [0.15, 0.2) is 11.3 Å². The van der Waals surface area contributed by atoms with Gasteiger partial charge < -0.3 is 9.84 Å². The number of thioether (sulfide) groups is 2. The topological polar surface area (TPSA) is 438 Å². The molecule has 0 spiro atoms. The third-order valence-electron chi connectivity index (χ3n) is 11.8.